The van der Waals surface area contributed by atoms with Crippen LogP contribution in [0.3, 0.4) is 0 Å². The van der Waals surface area contributed by atoms with Crippen LogP contribution in [0.1, 0.15) is 66.2 Å². The van der Waals surface area contributed by atoms with Gasteiger partial charge >= 0.3 is 0 Å². The third-order valence-corrected chi connectivity index (χ3v) is 3.84. The van der Waals surface area contributed by atoms with Crippen LogP contribution in [0.25, 0.3) is 0 Å². The smallest absolute Gasteiger partial charge is 0.220 e. The number of rotatable bonds is 9. The molecule has 0 fully saturated rings. The molecule has 0 spiro atoms. The first-order chi connectivity index (χ1) is 7.54. The summed E-state index contributed by atoms with van der Waals surface area (Å²) in [6.07, 6.45) is 7.50. The van der Waals surface area contributed by atoms with Gasteiger partial charge in [-0.25, -0.2) is 0 Å². The fourth-order valence-electron chi connectivity index (χ4n) is 2.27. The summed E-state index contributed by atoms with van der Waals surface area (Å²) >= 11 is 0. The predicted octanol–water partition coefficient (Wildman–Crippen LogP) is 3.74. The molecule has 0 bridgehead atoms. The Kier molecular flexibility index (Phi) is 8.32. The van der Waals surface area contributed by atoms with Gasteiger partial charge in [-0.2, -0.15) is 0 Å². The van der Waals surface area contributed by atoms with Crippen LogP contribution in [-0.4, -0.2) is 5.91 Å². The highest BCUT2D eigenvalue weighted by Crippen LogP contribution is 2.29. The molecular formula is C14H29NO. The first-order valence-electron chi connectivity index (χ1n) is 6.83. The molecule has 0 radical (unpaired) electrons. The Balaban J connectivity index is 4.28. The van der Waals surface area contributed by atoms with Gasteiger partial charge in [0.25, 0.3) is 0 Å². The van der Waals surface area contributed by atoms with Crippen LogP contribution in [0.4, 0.5) is 0 Å². The SMILES string of the molecule is CCCCC(CCCC)C(C)C(C)C(N)=O. The number of hydrogen-bond donors (Lipinski definition) is 1. The Labute approximate surface area is 101 Å². The van der Waals surface area contributed by atoms with Gasteiger partial charge in [-0.3, -0.25) is 4.79 Å². The molecule has 1 amide bonds. The highest BCUT2D eigenvalue weighted by atomic mass is 16.1. The lowest BCUT2D eigenvalue weighted by Gasteiger charge is -2.27. The largest absolute Gasteiger partial charge is 0.369 e. The van der Waals surface area contributed by atoms with Crippen LogP contribution in [0.5, 0.6) is 0 Å². The zero-order valence-electron chi connectivity index (χ0n) is 11.5. The molecule has 0 aliphatic carbocycles. The molecule has 0 aliphatic rings. The highest BCUT2D eigenvalue weighted by molar-refractivity contribution is 5.76. The Bertz CT molecular complexity index is 183. The molecule has 0 aliphatic heterocycles. The first kappa shape index (κ1) is 15.5. The first-order valence-corrected chi connectivity index (χ1v) is 6.83. The van der Waals surface area contributed by atoms with Crippen LogP contribution < -0.4 is 5.73 Å². The number of carbonyl (C=O) groups excluding carboxylic acids is 1. The van der Waals surface area contributed by atoms with Gasteiger partial charge in [0.2, 0.25) is 5.91 Å². The summed E-state index contributed by atoms with van der Waals surface area (Å²) in [5.41, 5.74) is 5.39. The van der Waals surface area contributed by atoms with E-state index in [2.05, 4.69) is 20.8 Å². The van der Waals surface area contributed by atoms with Crippen LogP contribution in [0.15, 0.2) is 0 Å². The summed E-state index contributed by atoms with van der Waals surface area (Å²) in [6.45, 7) is 8.60. The number of unbranched alkanes of at least 4 members (excludes halogenated alkanes) is 2. The van der Waals surface area contributed by atoms with E-state index in [1.54, 1.807) is 0 Å². The maximum atomic E-state index is 11.2. The van der Waals surface area contributed by atoms with Crippen molar-refractivity contribution in [2.24, 2.45) is 23.5 Å². The Morgan fingerprint density at radius 2 is 1.50 bits per heavy atom. The second-order valence-corrected chi connectivity index (χ2v) is 5.09. The highest BCUT2D eigenvalue weighted by Gasteiger charge is 2.25. The number of amides is 1. The molecule has 2 heteroatoms. The molecule has 0 rings (SSSR count). The van der Waals surface area contributed by atoms with E-state index < -0.39 is 0 Å². The minimum Gasteiger partial charge on any atom is -0.369 e. The molecule has 96 valence electrons. The Hall–Kier alpha value is -0.530. The average Bonchev–Trinajstić information content (AvgIpc) is 2.27. The molecular weight excluding hydrogens is 198 g/mol. The topological polar surface area (TPSA) is 43.1 Å². The maximum absolute atomic E-state index is 11.2. The van der Waals surface area contributed by atoms with Crippen LogP contribution >= 0.6 is 0 Å². The number of nitrogens with two attached hydrogens (primary N) is 1. The van der Waals surface area contributed by atoms with Crippen molar-refractivity contribution in [3.8, 4) is 0 Å². The lowest BCUT2D eigenvalue weighted by atomic mass is 9.78. The van der Waals surface area contributed by atoms with E-state index in [0.717, 1.165) is 0 Å². The third-order valence-electron chi connectivity index (χ3n) is 3.84. The van der Waals surface area contributed by atoms with Crippen molar-refractivity contribution >= 4 is 5.91 Å². The summed E-state index contributed by atoms with van der Waals surface area (Å²) in [5, 5.41) is 0. The number of primary amides is 1. The molecule has 2 unspecified atom stereocenters. The second kappa shape index (κ2) is 8.60. The molecule has 2 atom stereocenters. The van der Waals surface area contributed by atoms with Gasteiger partial charge in [0, 0.05) is 5.92 Å². The normalized spacial score (nSPS) is 15.1. The maximum Gasteiger partial charge on any atom is 0.220 e. The fourth-order valence-corrected chi connectivity index (χ4v) is 2.27. The molecule has 2 N–H and O–H groups in total. The minimum atomic E-state index is -0.148. The zero-order chi connectivity index (χ0) is 12.6. The molecule has 0 heterocycles. The van der Waals surface area contributed by atoms with Crippen molar-refractivity contribution in [2.75, 3.05) is 0 Å². The lowest BCUT2D eigenvalue weighted by Crippen LogP contribution is -2.30. The van der Waals surface area contributed by atoms with Crippen molar-refractivity contribution in [2.45, 2.75) is 66.2 Å². The van der Waals surface area contributed by atoms with Crippen molar-refractivity contribution in [1.82, 2.24) is 0 Å². The quantitative estimate of drug-likeness (QED) is 0.640. The van der Waals surface area contributed by atoms with Gasteiger partial charge in [-0.15, -0.1) is 0 Å². The van der Waals surface area contributed by atoms with E-state index in [9.17, 15) is 4.79 Å². The predicted molar refractivity (Wildman–Crippen MR) is 70.1 cm³/mol. The number of hydrogen-bond acceptors (Lipinski definition) is 1. The van der Waals surface area contributed by atoms with E-state index in [1.165, 1.54) is 38.5 Å². The standard InChI is InChI=1S/C14H29NO/c1-5-7-9-13(10-8-6-2)11(3)12(4)14(15)16/h11-13H,5-10H2,1-4H3,(H2,15,16). The van der Waals surface area contributed by atoms with Crippen LogP contribution in [0, 0.1) is 17.8 Å². The van der Waals surface area contributed by atoms with Gasteiger partial charge < -0.3 is 5.73 Å². The summed E-state index contributed by atoms with van der Waals surface area (Å²) in [7, 11) is 0. The van der Waals surface area contributed by atoms with Crippen LogP contribution in [0.2, 0.25) is 0 Å². The number of carbonyl (C=O) groups is 1. The van der Waals surface area contributed by atoms with E-state index in [4.69, 9.17) is 5.73 Å². The molecule has 0 aromatic heterocycles. The molecule has 0 aromatic carbocycles. The Morgan fingerprint density at radius 1 is 1.06 bits per heavy atom. The molecule has 0 saturated carbocycles. The van der Waals surface area contributed by atoms with E-state index >= 15 is 0 Å². The van der Waals surface area contributed by atoms with Crippen molar-refractivity contribution in [3.05, 3.63) is 0 Å². The van der Waals surface area contributed by atoms with E-state index in [1.807, 2.05) is 6.92 Å². The fraction of sp³-hybridized carbons (Fsp3) is 0.929. The van der Waals surface area contributed by atoms with Crippen LogP contribution in [-0.2, 0) is 4.79 Å². The van der Waals surface area contributed by atoms with Crippen molar-refractivity contribution in [3.63, 3.8) is 0 Å². The van der Waals surface area contributed by atoms with Gasteiger partial charge in [-0.1, -0.05) is 66.2 Å². The minimum absolute atomic E-state index is 0.0127. The second-order valence-electron chi connectivity index (χ2n) is 5.09. The monoisotopic (exact) mass is 227 g/mol. The molecule has 16 heavy (non-hydrogen) atoms. The Morgan fingerprint density at radius 3 is 1.81 bits per heavy atom. The summed E-state index contributed by atoms with van der Waals surface area (Å²) < 4.78 is 0. The molecule has 0 aromatic rings. The van der Waals surface area contributed by atoms with Gasteiger partial charge in [0.1, 0.15) is 0 Å². The van der Waals surface area contributed by atoms with Crippen molar-refractivity contribution < 1.29 is 4.79 Å². The lowest BCUT2D eigenvalue weighted by molar-refractivity contribution is -0.123. The molecule has 2 nitrogen and oxygen atoms in total. The third kappa shape index (κ3) is 5.53. The van der Waals surface area contributed by atoms with E-state index in [-0.39, 0.29) is 11.8 Å². The van der Waals surface area contributed by atoms with Crippen molar-refractivity contribution in [1.29, 1.82) is 0 Å². The molecule has 0 saturated heterocycles. The average molecular weight is 227 g/mol. The zero-order valence-corrected chi connectivity index (χ0v) is 11.5. The summed E-state index contributed by atoms with van der Waals surface area (Å²) in [4.78, 5) is 11.2. The van der Waals surface area contributed by atoms with E-state index in [0.29, 0.717) is 11.8 Å². The summed E-state index contributed by atoms with van der Waals surface area (Å²) in [6, 6.07) is 0. The van der Waals surface area contributed by atoms with Gasteiger partial charge in [0.05, 0.1) is 0 Å². The summed E-state index contributed by atoms with van der Waals surface area (Å²) in [5.74, 6) is 0.960. The van der Waals surface area contributed by atoms with Gasteiger partial charge in [0.15, 0.2) is 0 Å². The van der Waals surface area contributed by atoms with Gasteiger partial charge in [-0.05, 0) is 11.8 Å².